The molecule has 0 bridgehead atoms. The van der Waals surface area contributed by atoms with Crippen LogP contribution in [0.25, 0.3) is 0 Å². The highest BCUT2D eigenvalue weighted by Gasteiger charge is 2.46. The molecule has 2 aromatic rings. The number of rotatable bonds is 2. The molecule has 1 aliphatic heterocycles. The summed E-state index contributed by atoms with van der Waals surface area (Å²) in [6.45, 7) is 9.44. The molecule has 1 heteroatoms. The molecule has 0 fully saturated rings. The fourth-order valence-electron chi connectivity index (χ4n) is 4.42. The van der Waals surface area contributed by atoms with Gasteiger partial charge in [-0.25, -0.2) is 0 Å². The second-order valence-electron chi connectivity index (χ2n) is 6.77. The summed E-state index contributed by atoms with van der Waals surface area (Å²) in [6, 6.07) is 17.8. The Balaban J connectivity index is 2.42. The van der Waals surface area contributed by atoms with Crippen molar-refractivity contribution in [1.82, 2.24) is 0 Å². The van der Waals surface area contributed by atoms with Crippen LogP contribution in [0.1, 0.15) is 38.8 Å². The standard InChI is InChI=1S/C20H25N/c1-14(2)20(15(3)4)16-10-6-8-12-18(16)21(5)19-13-9-7-11-17(19)20/h6-15H,1-5H3. The van der Waals surface area contributed by atoms with Crippen LogP contribution in [0.5, 0.6) is 0 Å². The summed E-state index contributed by atoms with van der Waals surface area (Å²) in [6.07, 6.45) is 0. The highest BCUT2D eigenvalue weighted by Crippen LogP contribution is 2.55. The Hall–Kier alpha value is -1.76. The fraction of sp³-hybridized carbons (Fsp3) is 0.400. The molecular formula is C20H25N. The predicted molar refractivity (Wildman–Crippen MR) is 91.4 cm³/mol. The van der Waals surface area contributed by atoms with Gasteiger partial charge in [0.25, 0.3) is 0 Å². The van der Waals surface area contributed by atoms with Gasteiger partial charge in [0, 0.05) is 23.8 Å². The third-order valence-corrected chi connectivity index (χ3v) is 5.24. The summed E-state index contributed by atoms with van der Waals surface area (Å²) in [7, 11) is 2.18. The Morgan fingerprint density at radius 3 is 1.48 bits per heavy atom. The van der Waals surface area contributed by atoms with Crippen LogP contribution in [0.3, 0.4) is 0 Å². The van der Waals surface area contributed by atoms with E-state index in [9.17, 15) is 0 Å². The van der Waals surface area contributed by atoms with Crippen LogP contribution in [0.4, 0.5) is 11.4 Å². The van der Waals surface area contributed by atoms with Crippen molar-refractivity contribution in [3.63, 3.8) is 0 Å². The number of para-hydroxylation sites is 2. The van der Waals surface area contributed by atoms with E-state index >= 15 is 0 Å². The first-order valence-corrected chi connectivity index (χ1v) is 7.94. The van der Waals surface area contributed by atoms with E-state index in [1.54, 1.807) is 0 Å². The topological polar surface area (TPSA) is 3.24 Å². The number of benzene rings is 2. The first kappa shape index (κ1) is 14.2. The Morgan fingerprint density at radius 1 is 0.714 bits per heavy atom. The van der Waals surface area contributed by atoms with Gasteiger partial charge in [0.2, 0.25) is 0 Å². The van der Waals surface area contributed by atoms with Gasteiger partial charge in [0.1, 0.15) is 0 Å². The van der Waals surface area contributed by atoms with Crippen molar-refractivity contribution in [3.8, 4) is 0 Å². The van der Waals surface area contributed by atoms with Crippen molar-refractivity contribution in [2.75, 3.05) is 11.9 Å². The van der Waals surface area contributed by atoms with Gasteiger partial charge in [-0.3, -0.25) is 0 Å². The van der Waals surface area contributed by atoms with Crippen molar-refractivity contribution < 1.29 is 0 Å². The van der Waals surface area contributed by atoms with Crippen LogP contribution in [-0.4, -0.2) is 7.05 Å². The lowest BCUT2D eigenvalue weighted by molar-refractivity contribution is 0.271. The van der Waals surface area contributed by atoms with Crippen LogP contribution in [0.15, 0.2) is 48.5 Å². The maximum absolute atomic E-state index is 2.36. The zero-order valence-corrected chi connectivity index (χ0v) is 13.7. The maximum atomic E-state index is 2.36. The molecule has 0 aromatic heterocycles. The first-order valence-electron chi connectivity index (χ1n) is 7.94. The molecule has 0 spiro atoms. The average Bonchev–Trinajstić information content (AvgIpc) is 2.47. The molecule has 0 aliphatic carbocycles. The summed E-state index contributed by atoms with van der Waals surface area (Å²) >= 11 is 0. The quantitative estimate of drug-likeness (QED) is 0.714. The number of hydrogen-bond acceptors (Lipinski definition) is 1. The Kier molecular flexibility index (Phi) is 3.32. The highest BCUT2D eigenvalue weighted by atomic mass is 15.1. The van der Waals surface area contributed by atoms with E-state index < -0.39 is 0 Å². The molecule has 0 saturated carbocycles. The maximum Gasteiger partial charge on any atom is 0.0450 e. The van der Waals surface area contributed by atoms with Gasteiger partial charge in [-0.1, -0.05) is 64.1 Å². The molecule has 21 heavy (non-hydrogen) atoms. The van der Waals surface area contributed by atoms with Gasteiger partial charge >= 0.3 is 0 Å². The van der Waals surface area contributed by atoms with E-state index in [1.807, 2.05) is 0 Å². The number of nitrogens with zero attached hydrogens (tertiary/aromatic N) is 1. The van der Waals surface area contributed by atoms with Gasteiger partial charge in [0.05, 0.1) is 0 Å². The van der Waals surface area contributed by atoms with E-state index in [2.05, 4.69) is 88.2 Å². The minimum atomic E-state index is 0.0830. The minimum Gasteiger partial charge on any atom is -0.344 e. The number of anilines is 2. The molecule has 3 rings (SSSR count). The molecule has 2 aromatic carbocycles. The second-order valence-corrected chi connectivity index (χ2v) is 6.77. The molecule has 110 valence electrons. The van der Waals surface area contributed by atoms with Crippen molar-refractivity contribution in [2.45, 2.75) is 33.1 Å². The molecule has 1 heterocycles. The Morgan fingerprint density at radius 2 is 1.10 bits per heavy atom. The monoisotopic (exact) mass is 279 g/mol. The van der Waals surface area contributed by atoms with Crippen LogP contribution in [-0.2, 0) is 5.41 Å². The van der Waals surface area contributed by atoms with E-state index in [0.717, 1.165) is 0 Å². The summed E-state index contributed by atoms with van der Waals surface area (Å²) in [4.78, 5) is 2.34. The smallest absolute Gasteiger partial charge is 0.0450 e. The molecule has 0 N–H and O–H groups in total. The van der Waals surface area contributed by atoms with Crippen molar-refractivity contribution in [3.05, 3.63) is 59.7 Å². The van der Waals surface area contributed by atoms with Crippen LogP contribution in [0, 0.1) is 11.8 Å². The van der Waals surface area contributed by atoms with Gasteiger partial charge in [0.15, 0.2) is 0 Å². The zero-order chi connectivity index (χ0) is 15.2. The number of fused-ring (bicyclic) bond motifs is 2. The minimum absolute atomic E-state index is 0.0830. The Bertz CT molecular complexity index is 597. The molecule has 1 nitrogen and oxygen atoms in total. The molecular weight excluding hydrogens is 254 g/mol. The SMILES string of the molecule is CC(C)C1(C(C)C)c2ccccc2N(C)c2ccccc21. The van der Waals surface area contributed by atoms with Crippen molar-refractivity contribution >= 4 is 11.4 Å². The lowest BCUT2D eigenvalue weighted by Crippen LogP contribution is -2.43. The average molecular weight is 279 g/mol. The largest absolute Gasteiger partial charge is 0.344 e. The van der Waals surface area contributed by atoms with Gasteiger partial charge in [-0.15, -0.1) is 0 Å². The lowest BCUT2D eigenvalue weighted by Gasteiger charge is -2.49. The molecule has 0 radical (unpaired) electrons. The van der Waals surface area contributed by atoms with E-state index in [0.29, 0.717) is 11.8 Å². The van der Waals surface area contributed by atoms with Gasteiger partial charge < -0.3 is 4.90 Å². The lowest BCUT2D eigenvalue weighted by atomic mass is 9.58. The highest BCUT2D eigenvalue weighted by molar-refractivity contribution is 5.78. The second kappa shape index (κ2) is 4.91. The number of hydrogen-bond donors (Lipinski definition) is 0. The fourth-order valence-corrected chi connectivity index (χ4v) is 4.42. The summed E-state index contributed by atoms with van der Waals surface area (Å²) in [5.41, 5.74) is 5.71. The summed E-state index contributed by atoms with van der Waals surface area (Å²) in [5.74, 6) is 1.10. The molecule has 0 unspecified atom stereocenters. The van der Waals surface area contributed by atoms with Crippen LogP contribution < -0.4 is 4.90 Å². The van der Waals surface area contributed by atoms with Crippen LogP contribution in [0.2, 0.25) is 0 Å². The Labute approximate surface area is 128 Å². The zero-order valence-electron chi connectivity index (χ0n) is 13.7. The molecule has 0 amide bonds. The third-order valence-electron chi connectivity index (χ3n) is 5.24. The van der Waals surface area contributed by atoms with E-state index in [4.69, 9.17) is 0 Å². The van der Waals surface area contributed by atoms with Gasteiger partial charge in [-0.05, 0) is 35.1 Å². The first-order chi connectivity index (χ1) is 10.0. The van der Waals surface area contributed by atoms with E-state index in [1.165, 1.54) is 22.5 Å². The van der Waals surface area contributed by atoms with E-state index in [-0.39, 0.29) is 5.41 Å². The molecule has 1 aliphatic rings. The molecule has 0 atom stereocenters. The van der Waals surface area contributed by atoms with Crippen molar-refractivity contribution in [2.24, 2.45) is 11.8 Å². The molecule has 0 saturated heterocycles. The normalized spacial score (nSPS) is 16.0. The third kappa shape index (κ3) is 1.76. The van der Waals surface area contributed by atoms with Gasteiger partial charge in [-0.2, -0.15) is 0 Å². The summed E-state index contributed by atoms with van der Waals surface area (Å²) in [5, 5.41) is 0. The predicted octanol–water partition coefficient (Wildman–Crippen LogP) is 5.37. The summed E-state index contributed by atoms with van der Waals surface area (Å²) < 4.78 is 0. The van der Waals surface area contributed by atoms with Crippen LogP contribution >= 0.6 is 0 Å². The van der Waals surface area contributed by atoms with Crippen molar-refractivity contribution in [1.29, 1.82) is 0 Å².